The minimum Gasteiger partial charge on any atom is -0.438 e. The Balaban J connectivity index is 2.09. The van der Waals surface area contributed by atoms with Crippen LogP contribution in [-0.2, 0) is 0 Å². The summed E-state index contributed by atoms with van der Waals surface area (Å²) in [5.41, 5.74) is 6.56. The number of carbonyl (C=O) groups excluding carboxylic acids is 1. The summed E-state index contributed by atoms with van der Waals surface area (Å²) in [6.07, 6.45) is 2.15. The van der Waals surface area contributed by atoms with Gasteiger partial charge in [-0.2, -0.15) is 0 Å². The van der Waals surface area contributed by atoms with E-state index in [-0.39, 0.29) is 11.9 Å². The molecule has 0 aliphatic carbocycles. The average Bonchev–Trinajstić information content (AvgIpc) is 2.67. The van der Waals surface area contributed by atoms with Gasteiger partial charge in [-0.3, -0.25) is 4.79 Å². The Labute approximate surface area is 94.6 Å². The number of carbonyl (C=O) groups is 1. The predicted octanol–water partition coefficient (Wildman–Crippen LogP) is 0.792. The molecular formula is C11H17N3O2. The van der Waals surface area contributed by atoms with Gasteiger partial charge in [-0.1, -0.05) is 6.92 Å². The molecule has 5 nitrogen and oxygen atoms in total. The molecule has 1 aromatic rings. The van der Waals surface area contributed by atoms with Gasteiger partial charge in [0.1, 0.15) is 0 Å². The van der Waals surface area contributed by atoms with Crippen LogP contribution in [0.15, 0.2) is 10.8 Å². The van der Waals surface area contributed by atoms with Gasteiger partial charge in [-0.15, -0.1) is 0 Å². The lowest BCUT2D eigenvalue weighted by molar-refractivity contribution is 0.0631. The number of nitrogens with two attached hydrogens (primary N) is 1. The number of aromatic nitrogens is 1. The van der Waals surface area contributed by atoms with Crippen LogP contribution in [0.2, 0.25) is 0 Å². The number of rotatable bonds is 1. The van der Waals surface area contributed by atoms with Crippen LogP contribution in [0.25, 0.3) is 0 Å². The van der Waals surface area contributed by atoms with E-state index in [0.717, 1.165) is 6.42 Å². The zero-order valence-electron chi connectivity index (χ0n) is 9.64. The maximum atomic E-state index is 12.1. The Bertz CT molecular complexity index is 388. The largest absolute Gasteiger partial charge is 0.438 e. The van der Waals surface area contributed by atoms with Crippen molar-refractivity contribution in [2.75, 3.05) is 13.1 Å². The number of aryl methyl sites for hydroxylation is 1. The fourth-order valence-corrected chi connectivity index (χ4v) is 2.00. The van der Waals surface area contributed by atoms with E-state index in [2.05, 4.69) is 11.9 Å². The summed E-state index contributed by atoms with van der Waals surface area (Å²) in [6.45, 7) is 5.23. The number of oxazole rings is 1. The fraction of sp³-hybridized carbons (Fsp3) is 0.636. The third-order valence-electron chi connectivity index (χ3n) is 3.20. The number of nitrogens with zero attached hydrogens (tertiary/aromatic N) is 2. The first-order chi connectivity index (χ1) is 7.59. The maximum Gasteiger partial charge on any atom is 0.291 e. The Morgan fingerprint density at radius 2 is 2.44 bits per heavy atom. The molecule has 1 fully saturated rings. The third-order valence-corrected chi connectivity index (χ3v) is 3.20. The minimum atomic E-state index is -0.0752. The van der Waals surface area contributed by atoms with Crippen molar-refractivity contribution in [1.82, 2.24) is 9.88 Å². The summed E-state index contributed by atoms with van der Waals surface area (Å²) in [6, 6.07) is 0.194. The normalized spacial score (nSPS) is 25.8. The number of hydrogen-bond donors (Lipinski definition) is 1. The average molecular weight is 223 g/mol. The molecule has 0 saturated carbocycles. The SMILES string of the molecule is Cc1ncoc1C(=O)N1CCC(N)C(C)C1. The van der Waals surface area contributed by atoms with E-state index in [1.807, 2.05) is 0 Å². The van der Waals surface area contributed by atoms with Crippen LogP contribution < -0.4 is 5.73 Å². The summed E-state index contributed by atoms with van der Waals surface area (Å²) in [5, 5.41) is 0. The van der Waals surface area contributed by atoms with E-state index in [9.17, 15) is 4.79 Å². The maximum absolute atomic E-state index is 12.1. The first-order valence-electron chi connectivity index (χ1n) is 5.54. The Hall–Kier alpha value is -1.36. The number of amides is 1. The van der Waals surface area contributed by atoms with E-state index in [1.165, 1.54) is 6.39 Å². The molecule has 0 radical (unpaired) electrons. The predicted molar refractivity (Wildman–Crippen MR) is 58.9 cm³/mol. The summed E-state index contributed by atoms with van der Waals surface area (Å²) in [7, 11) is 0. The number of likely N-dealkylation sites (tertiary alicyclic amines) is 1. The van der Waals surface area contributed by atoms with Gasteiger partial charge in [0.15, 0.2) is 6.39 Å². The van der Waals surface area contributed by atoms with Gasteiger partial charge in [0.25, 0.3) is 5.91 Å². The van der Waals surface area contributed by atoms with Gasteiger partial charge in [0.05, 0.1) is 5.69 Å². The van der Waals surface area contributed by atoms with Crippen LogP contribution in [0, 0.1) is 12.8 Å². The van der Waals surface area contributed by atoms with E-state index in [0.29, 0.717) is 30.5 Å². The van der Waals surface area contributed by atoms with Crippen molar-refractivity contribution in [2.45, 2.75) is 26.3 Å². The second-order valence-corrected chi connectivity index (χ2v) is 4.45. The van der Waals surface area contributed by atoms with Crippen molar-refractivity contribution in [3.8, 4) is 0 Å². The first-order valence-corrected chi connectivity index (χ1v) is 5.54. The smallest absolute Gasteiger partial charge is 0.291 e. The van der Waals surface area contributed by atoms with E-state index in [1.54, 1.807) is 11.8 Å². The molecule has 1 amide bonds. The number of hydrogen-bond acceptors (Lipinski definition) is 4. The quantitative estimate of drug-likeness (QED) is 0.764. The zero-order valence-corrected chi connectivity index (χ0v) is 9.64. The van der Waals surface area contributed by atoms with Gasteiger partial charge >= 0.3 is 0 Å². The molecule has 16 heavy (non-hydrogen) atoms. The van der Waals surface area contributed by atoms with Crippen LogP contribution in [0.5, 0.6) is 0 Å². The van der Waals surface area contributed by atoms with Crippen molar-refractivity contribution >= 4 is 5.91 Å². The molecule has 88 valence electrons. The molecule has 1 aliphatic heterocycles. The molecule has 2 heterocycles. The topological polar surface area (TPSA) is 72.4 Å². The van der Waals surface area contributed by atoms with Gasteiger partial charge < -0.3 is 15.1 Å². The van der Waals surface area contributed by atoms with Crippen LogP contribution in [0.1, 0.15) is 29.6 Å². The van der Waals surface area contributed by atoms with Crippen molar-refractivity contribution in [3.63, 3.8) is 0 Å². The zero-order chi connectivity index (χ0) is 11.7. The first kappa shape index (κ1) is 11.1. The van der Waals surface area contributed by atoms with Crippen molar-refractivity contribution < 1.29 is 9.21 Å². The van der Waals surface area contributed by atoms with Crippen LogP contribution in [0.3, 0.4) is 0 Å². The monoisotopic (exact) mass is 223 g/mol. The second-order valence-electron chi connectivity index (χ2n) is 4.45. The molecule has 2 rings (SSSR count). The summed E-state index contributed by atoms with van der Waals surface area (Å²) < 4.78 is 5.11. The van der Waals surface area contributed by atoms with Crippen molar-refractivity contribution in [1.29, 1.82) is 0 Å². The molecule has 1 saturated heterocycles. The van der Waals surface area contributed by atoms with Gasteiger partial charge in [-0.05, 0) is 19.3 Å². The minimum absolute atomic E-state index is 0.0752. The highest BCUT2D eigenvalue weighted by Gasteiger charge is 2.29. The second kappa shape index (κ2) is 4.25. The highest BCUT2D eigenvalue weighted by molar-refractivity contribution is 5.92. The molecule has 1 aromatic heterocycles. The summed E-state index contributed by atoms with van der Waals surface area (Å²) in [5.74, 6) is 0.609. The molecular weight excluding hydrogens is 206 g/mol. The van der Waals surface area contributed by atoms with Gasteiger partial charge in [0.2, 0.25) is 5.76 Å². The summed E-state index contributed by atoms with van der Waals surface area (Å²) >= 11 is 0. The van der Waals surface area contributed by atoms with Crippen molar-refractivity contribution in [2.24, 2.45) is 11.7 Å². The molecule has 1 aliphatic rings. The molecule has 0 spiro atoms. The highest BCUT2D eigenvalue weighted by Crippen LogP contribution is 2.18. The molecule has 2 atom stereocenters. The molecule has 5 heteroatoms. The summed E-state index contributed by atoms with van der Waals surface area (Å²) in [4.78, 5) is 17.8. The highest BCUT2D eigenvalue weighted by atomic mass is 16.3. The standard InChI is InChI=1S/C11H17N3O2/c1-7-5-14(4-3-9(7)12)11(15)10-8(2)13-6-16-10/h6-7,9H,3-5,12H2,1-2H3. The lowest BCUT2D eigenvalue weighted by Crippen LogP contribution is -2.48. The van der Waals surface area contributed by atoms with E-state index < -0.39 is 0 Å². The molecule has 2 unspecified atom stereocenters. The van der Waals surface area contributed by atoms with Crippen LogP contribution in [0.4, 0.5) is 0 Å². The fourth-order valence-electron chi connectivity index (χ4n) is 2.00. The lowest BCUT2D eigenvalue weighted by atomic mass is 9.94. The number of piperidine rings is 1. The molecule has 2 N–H and O–H groups in total. The van der Waals surface area contributed by atoms with E-state index >= 15 is 0 Å². The van der Waals surface area contributed by atoms with Gasteiger partial charge in [-0.25, -0.2) is 4.98 Å². The molecule has 0 bridgehead atoms. The van der Waals surface area contributed by atoms with Crippen LogP contribution in [-0.4, -0.2) is 34.9 Å². The van der Waals surface area contributed by atoms with Gasteiger partial charge in [0, 0.05) is 19.1 Å². The van der Waals surface area contributed by atoms with Crippen molar-refractivity contribution in [3.05, 3.63) is 17.8 Å². The lowest BCUT2D eigenvalue weighted by Gasteiger charge is -2.34. The Morgan fingerprint density at radius 3 is 3.00 bits per heavy atom. The Kier molecular flexibility index (Phi) is 2.96. The van der Waals surface area contributed by atoms with Crippen LogP contribution >= 0.6 is 0 Å². The Morgan fingerprint density at radius 1 is 1.69 bits per heavy atom. The van der Waals surface area contributed by atoms with E-state index in [4.69, 9.17) is 10.2 Å². The third kappa shape index (κ3) is 1.95. The molecule has 0 aromatic carbocycles.